The largest absolute Gasteiger partial charge is 0.126 e. The van der Waals surface area contributed by atoms with Gasteiger partial charge in [0.25, 0.3) is 0 Å². The van der Waals surface area contributed by atoms with E-state index in [-0.39, 0.29) is 0 Å². The lowest BCUT2D eigenvalue weighted by atomic mass is 10.1. The standard InChI is InChI=1S/C11H14S/c1-4-12-11-7-5-10(6-8-11)9(2)3/h5-8H,2,4H2,1,3H3. The Labute approximate surface area is 78.7 Å². The van der Waals surface area contributed by atoms with E-state index in [4.69, 9.17) is 0 Å². The summed E-state index contributed by atoms with van der Waals surface area (Å²) in [4.78, 5) is 1.34. The number of rotatable bonds is 3. The topological polar surface area (TPSA) is 0 Å². The summed E-state index contributed by atoms with van der Waals surface area (Å²) in [7, 11) is 0. The summed E-state index contributed by atoms with van der Waals surface area (Å²) in [5.41, 5.74) is 2.36. The van der Waals surface area contributed by atoms with Crippen LogP contribution in [0, 0.1) is 0 Å². The fraction of sp³-hybridized carbons (Fsp3) is 0.273. The number of allylic oxidation sites excluding steroid dienone is 1. The Morgan fingerprint density at radius 1 is 1.33 bits per heavy atom. The van der Waals surface area contributed by atoms with E-state index < -0.39 is 0 Å². The highest BCUT2D eigenvalue weighted by Gasteiger charge is 1.93. The zero-order valence-electron chi connectivity index (χ0n) is 7.63. The molecule has 1 heteroatoms. The molecule has 0 aliphatic heterocycles. The Morgan fingerprint density at radius 3 is 2.33 bits per heavy atom. The van der Waals surface area contributed by atoms with E-state index in [0.717, 1.165) is 11.3 Å². The van der Waals surface area contributed by atoms with Crippen LogP contribution in [0.4, 0.5) is 0 Å². The predicted molar refractivity (Wildman–Crippen MR) is 57.5 cm³/mol. The zero-order chi connectivity index (χ0) is 8.97. The lowest BCUT2D eigenvalue weighted by Gasteiger charge is -2.01. The van der Waals surface area contributed by atoms with E-state index in [9.17, 15) is 0 Å². The highest BCUT2D eigenvalue weighted by atomic mass is 32.2. The molecule has 0 aliphatic carbocycles. The zero-order valence-corrected chi connectivity index (χ0v) is 8.45. The molecule has 0 nitrogen and oxygen atoms in total. The Kier molecular flexibility index (Phi) is 3.42. The summed E-state index contributed by atoms with van der Waals surface area (Å²) in [5, 5.41) is 0. The predicted octanol–water partition coefficient (Wildman–Crippen LogP) is 3.83. The SMILES string of the molecule is C=C(C)c1ccc(SCC)cc1. The van der Waals surface area contributed by atoms with Gasteiger partial charge in [0.05, 0.1) is 0 Å². The van der Waals surface area contributed by atoms with Crippen molar-refractivity contribution >= 4 is 17.3 Å². The molecule has 0 amide bonds. The van der Waals surface area contributed by atoms with E-state index in [2.05, 4.69) is 37.8 Å². The van der Waals surface area contributed by atoms with Gasteiger partial charge in [0, 0.05) is 4.90 Å². The number of benzene rings is 1. The van der Waals surface area contributed by atoms with Gasteiger partial charge in [-0.3, -0.25) is 0 Å². The van der Waals surface area contributed by atoms with E-state index in [1.54, 1.807) is 0 Å². The molecule has 0 atom stereocenters. The molecule has 64 valence electrons. The second kappa shape index (κ2) is 4.36. The number of thioether (sulfide) groups is 1. The maximum absolute atomic E-state index is 3.89. The van der Waals surface area contributed by atoms with Crippen molar-refractivity contribution in [2.45, 2.75) is 18.7 Å². The minimum Gasteiger partial charge on any atom is -0.126 e. The van der Waals surface area contributed by atoms with Crippen molar-refractivity contribution in [3.63, 3.8) is 0 Å². The van der Waals surface area contributed by atoms with Crippen LogP contribution in [-0.4, -0.2) is 5.75 Å². The third-order valence-corrected chi connectivity index (χ3v) is 2.55. The van der Waals surface area contributed by atoms with Crippen LogP contribution in [0.25, 0.3) is 5.57 Å². The molecule has 1 aromatic carbocycles. The summed E-state index contributed by atoms with van der Waals surface area (Å²) in [6, 6.07) is 8.55. The Morgan fingerprint density at radius 2 is 1.92 bits per heavy atom. The minimum absolute atomic E-state index is 1.13. The quantitative estimate of drug-likeness (QED) is 0.634. The first-order chi connectivity index (χ1) is 5.74. The Hall–Kier alpha value is -0.690. The highest BCUT2D eigenvalue weighted by molar-refractivity contribution is 7.99. The van der Waals surface area contributed by atoms with Gasteiger partial charge in [-0.05, 0) is 30.4 Å². The van der Waals surface area contributed by atoms with Gasteiger partial charge < -0.3 is 0 Å². The summed E-state index contributed by atoms with van der Waals surface area (Å²) >= 11 is 1.87. The molecule has 0 heterocycles. The molecule has 0 saturated carbocycles. The molecule has 0 radical (unpaired) electrons. The Bertz CT molecular complexity index is 259. The third kappa shape index (κ3) is 2.42. The first kappa shape index (κ1) is 9.40. The van der Waals surface area contributed by atoms with Gasteiger partial charge >= 0.3 is 0 Å². The van der Waals surface area contributed by atoms with Crippen molar-refractivity contribution in [2.24, 2.45) is 0 Å². The van der Waals surface area contributed by atoms with Crippen molar-refractivity contribution < 1.29 is 0 Å². The second-order valence-electron chi connectivity index (χ2n) is 2.74. The smallest absolute Gasteiger partial charge is 0.00722 e. The summed E-state index contributed by atoms with van der Waals surface area (Å²) < 4.78 is 0. The fourth-order valence-electron chi connectivity index (χ4n) is 1.00. The van der Waals surface area contributed by atoms with Gasteiger partial charge in [-0.2, -0.15) is 0 Å². The molecule has 0 fully saturated rings. The highest BCUT2D eigenvalue weighted by Crippen LogP contribution is 2.20. The number of hydrogen-bond acceptors (Lipinski definition) is 1. The van der Waals surface area contributed by atoms with Crippen LogP contribution in [0.3, 0.4) is 0 Å². The molecule has 1 rings (SSSR count). The van der Waals surface area contributed by atoms with Crippen LogP contribution < -0.4 is 0 Å². The van der Waals surface area contributed by atoms with Crippen LogP contribution in [0.15, 0.2) is 35.7 Å². The van der Waals surface area contributed by atoms with Gasteiger partial charge in [-0.1, -0.05) is 31.2 Å². The molecular formula is C11H14S. The first-order valence-corrected chi connectivity index (χ1v) is 5.11. The third-order valence-electron chi connectivity index (χ3n) is 1.66. The van der Waals surface area contributed by atoms with Crippen molar-refractivity contribution in [2.75, 3.05) is 5.75 Å². The average Bonchev–Trinajstić information content (AvgIpc) is 2.06. The van der Waals surface area contributed by atoms with Crippen LogP contribution >= 0.6 is 11.8 Å². The monoisotopic (exact) mass is 178 g/mol. The van der Waals surface area contributed by atoms with Gasteiger partial charge in [-0.15, -0.1) is 11.8 Å². The van der Waals surface area contributed by atoms with Crippen LogP contribution in [0.2, 0.25) is 0 Å². The maximum Gasteiger partial charge on any atom is 0.00722 e. The van der Waals surface area contributed by atoms with E-state index in [0.29, 0.717) is 0 Å². The molecular weight excluding hydrogens is 164 g/mol. The van der Waals surface area contributed by atoms with Gasteiger partial charge in [0.2, 0.25) is 0 Å². The molecule has 0 aliphatic rings. The molecule has 0 aromatic heterocycles. The average molecular weight is 178 g/mol. The summed E-state index contributed by atoms with van der Waals surface area (Å²) in [6.07, 6.45) is 0. The molecule has 12 heavy (non-hydrogen) atoms. The Balaban J connectivity index is 2.78. The minimum atomic E-state index is 1.13. The van der Waals surface area contributed by atoms with Crippen molar-refractivity contribution in [3.8, 4) is 0 Å². The fourth-order valence-corrected chi connectivity index (χ4v) is 1.66. The molecule has 0 bridgehead atoms. The molecule has 1 aromatic rings. The molecule has 0 saturated heterocycles. The van der Waals surface area contributed by atoms with Gasteiger partial charge in [0.15, 0.2) is 0 Å². The lowest BCUT2D eigenvalue weighted by molar-refractivity contribution is 1.41. The van der Waals surface area contributed by atoms with Crippen molar-refractivity contribution in [1.29, 1.82) is 0 Å². The van der Waals surface area contributed by atoms with E-state index >= 15 is 0 Å². The normalized spacial score (nSPS) is 9.83. The van der Waals surface area contributed by atoms with Gasteiger partial charge in [0.1, 0.15) is 0 Å². The second-order valence-corrected chi connectivity index (χ2v) is 4.08. The van der Waals surface area contributed by atoms with Crippen LogP contribution in [0.5, 0.6) is 0 Å². The number of hydrogen-bond donors (Lipinski definition) is 0. The maximum atomic E-state index is 3.89. The molecule has 0 spiro atoms. The molecule has 0 unspecified atom stereocenters. The molecule has 0 N–H and O–H groups in total. The first-order valence-electron chi connectivity index (χ1n) is 4.12. The summed E-state index contributed by atoms with van der Waals surface area (Å²) in [6.45, 7) is 8.09. The van der Waals surface area contributed by atoms with Gasteiger partial charge in [-0.25, -0.2) is 0 Å². The van der Waals surface area contributed by atoms with Crippen LogP contribution in [-0.2, 0) is 0 Å². The van der Waals surface area contributed by atoms with E-state index in [1.807, 2.05) is 18.7 Å². The van der Waals surface area contributed by atoms with Crippen molar-refractivity contribution in [3.05, 3.63) is 36.4 Å². The summed E-state index contributed by atoms with van der Waals surface area (Å²) in [5.74, 6) is 1.13. The van der Waals surface area contributed by atoms with E-state index in [1.165, 1.54) is 10.5 Å². The van der Waals surface area contributed by atoms with Crippen molar-refractivity contribution in [1.82, 2.24) is 0 Å². The van der Waals surface area contributed by atoms with Crippen LogP contribution in [0.1, 0.15) is 19.4 Å². The lowest BCUT2D eigenvalue weighted by Crippen LogP contribution is -1.77.